The predicted octanol–water partition coefficient (Wildman–Crippen LogP) is 3.03. The Labute approximate surface area is 106 Å². The molecule has 0 aliphatic carbocycles. The lowest BCUT2D eigenvalue weighted by Gasteiger charge is -2.26. The predicted molar refractivity (Wildman–Crippen MR) is 64.4 cm³/mol. The van der Waals surface area contributed by atoms with E-state index in [9.17, 15) is 9.18 Å². The molecule has 0 radical (unpaired) electrons. The van der Waals surface area contributed by atoms with Crippen molar-refractivity contribution in [1.82, 2.24) is 5.32 Å². The highest BCUT2D eigenvalue weighted by atomic mass is 79.9. The molecule has 0 aromatic heterocycles. The SMILES string of the molecule is O=C(CC1CNC1)c1ccc(Br)c(Cl)c1F. The van der Waals surface area contributed by atoms with E-state index in [2.05, 4.69) is 21.2 Å². The van der Waals surface area contributed by atoms with Crippen molar-refractivity contribution < 1.29 is 9.18 Å². The molecule has 1 aromatic carbocycles. The highest BCUT2D eigenvalue weighted by Gasteiger charge is 2.23. The first-order chi connectivity index (χ1) is 7.59. The summed E-state index contributed by atoms with van der Waals surface area (Å²) in [6.45, 7) is 1.66. The van der Waals surface area contributed by atoms with Gasteiger partial charge in [0.2, 0.25) is 0 Å². The molecule has 1 N–H and O–H groups in total. The molecule has 0 spiro atoms. The van der Waals surface area contributed by atoms with Crippen molar-refractivity contribution in [3.05, 3.63) is 33.0 Å². The average Bonchev–Trinajstić information content (AvgIpc) is 2.20. The number of rotatable bonds is 3. The molecular weight excluding hydrogens is 296 g/mol. The van der Waals surface area contributed by atoms with Crippen LogP contribution in [0.1, 0.15) is 16.8 Å². The van der Waals surface area contributed by atoms with E-state index in [4.69, 9.17) is 11.6 Å². The van der Waals surface area contributed by atoms with Gasteiger partial charge >= 0.3 is 0 Å². The molecule has 0 unspecified atom stereocenters. The van der Waals surface area contributed by atoms with Crippen molar-refractivity contribution in [3.8, 4) is 0 Å². The number of Topliss-reactive ketones (excluding diaryl/α,β-unsaturated/α-hetero) is 1. The normalized spacial score (nSPS) is 15.9. The highest BCUT2D eigenvalue weighted by molar-refractivity contribution is 9.10. The van der Waals surface area contributed by atoms with Crippen LogP contribution in [0.2, 0.25) is 5.02 Å². The molecule has 0 bridgehead atoms. The summed E-state index contributed by atoms with van der Waals surface area (Å²) in [5.41, 5.74) is 0.0834. The highest BCUT2D eigenvalue weighted by Crippen LogP contribution is 2.28. The van der Waals surface area contributed by atoms with Gasteiger partial charge in [0.15, 0.2) is 11.6 Å². The summed E-state index contributed by atoms with van der Waals surface area (Å²) in [5, 5.41) is 3.04. The van der Waals surface area contributed by atoms with E-state index in [0.717, 1.165) is 13.1 Å². The molecule has 0 atom stereocenters. The maximum Gasteiger partial charge on any atom is 0.166 e. The quantitative estimate of drug-likeness (QED) is 0.687. The Kier molecular flexibility index (Phi) is 3.62. The Morgan fingerprint density at radius 1 is 1.56 bits per heavy atom. The third-order valence-corrected chi connectivity index (χ3v) is 3.93. The average molecular weight is 307 g/mol. The summed E-state index contributed by atoms with van der Waals surface area (Å²) in [5.74, 6) is -0.485. The smallest absolute Gasteiger partial charge is 0.166 e. The van der Waals surface area contributed by atoms with Crippen LogP contribution in [-0.2, 0) is 0 Å². The Balaban J connectivity index is 2.19. The summed E-state index contributed by atoms with van der Waals surface area (Å²) in [4.78, 5) is 11.8. The van der Waals surface area contributed by atoms with Crippen molar-refractivity contribution in [2.24, 2.45) is 5.92 Å². The van der Waals surface area contributed by atoms with Crippen LogP contribution in [0, 0.1) is 11.7 Å². The number of benzene rings is 1. The number of nitrogens with one attached hydrogen (secondary N) is 1. The lowest BCUT2D eigenvalue weighted by atomic mass is 9.93. The molecule has 1 aliphatic heterocycles. The minimum atomic E-state index is -0.631. The molecule has 0 saturated carbocycles. The van der Waals surface area contributed by atoms with Crippen LogP contribution >= 0.6 is 27.5 Å². The van der Waals surface area contributed by atoms with E-state index < -0.39 is 5.82 Å². The van der Waals surface area contributed by atoms with Gasteiger partial charge in [-0.1, -0.05) is 11.6 Å². The molecular formula is C11H10BrClFNO. The van der Waals surface area contributed by atoms with Crippen molar-refractivity contribution >= 4 is 33.3 Å². The van der Waals surface area contributed by atoms with Gasteiger partial charge < -0.3 is 5.32 Å². The van der Waals surface area contributed by atoms with Gasteiger partial charge in [0.25, 0.3) is 0 Å². The van der Waals surface area contributed by atoms with Gasteiger partial charge in [-0.25, -0.2) is 4.39 Å². The summed E-state index contributed by atoms with van der Waals surface area (Å²) in [7, 11) is 0. The number of hydrogen-bond acceptors (Lipinski definition) is 2. The van der Waals surface area contributed by atoms with E-state index in [-0.39, 0.29) is 16.4 Å². The Morgan fingerprint density at radius 2 is 2.25 bits per heavy atom. The fraction of sp³-hybridized carbons (Fsp3) is 0.364. The van der Waals surface area contributed by atoms with Crippen LogP contribution in [0.4, 0.5) is 4.39 Å². The monoisotopic (exact) mass is 305 g/mol. The minimum Gasteiger partial charge on any atom is -0.316 e. The fourth-order valence-electron chi connectivity index (χ4n) is 1.61. The Morgan fingerprint density at radius 3 is 2.81 bits per heavy atom. The van der Waals surface area contributed by atoms with Crippen LogP contribution < -0.4 is 5.32 Å². The number of hydrogen-bond donors (Lipinski definition) is 1. The van der Waals surface area contributed by atoms with Gasteiger partial charge in [-0.2, -0.15) is 0 Å². The third-order valence-electron chi connectivity index (χ3n) is 2.68. The molecule has 1 saturated heterocycles. The zero-order valence-corrected chi connectivity index (χ0v) is 10.7. The maximum atomic E-state index is 13.7. The lowest BCUT2D eigenvalue weighted by molar-refractivity contribution is 0.0941. The van der Waals surface area contributed by atoms with E-state index in [0.29, 0.717) is 16.8 Å². The van der Waals surface area contributed by atoms with E-state index >= 15 is 0 Å². The number of halogens is 3. The van der Waals surface area contributed by atoms with E-state index in [1.54, 1.807) is 6.07 Å². The van der Waals surface area contributed by atoms with Gasteiger partial charge in [-0.3, -0.25) is 4.79 Å². The number of carbonyl (C=O) groups excluding carboxylic acids is 1. The molecule has 1 fully saturated rings. The standard InChI is InChI=1S/C11H10BrClFNO/c12-8-2-1-7(11(14)10(8)13)9(16)3-6-4-15-5-6/h1-2,6,15H,3-5H2. The molecule has 16 heavy (non-hydrogen) atoms. The zero-order chi connectivity index (χ0) is 11.7. The second kappa shape index (κ2) is 4.82. The molecule has 1 heterocycles. The largest absolute Gasteiger partial charge is 0.316 e. The third kappa shape index (κ3) is 2.29. The Bertz CT molecular complexity index is 434. The first-order valence-electron chi connectivity index (χ1n) is 4.97. The Hall–Kier alpha value is -0.450. The number of ketones is 1. The van der Waals surface area contributed by atoms with Gasteiger partial charge in [0, 0.05) is 10.9 Å². The van der Waals surface area contributed by atoms with Gasteiger partial charge in [-0.15, -0.1) is 0 Å². The molecule has 2 rings (SSSR count). The first kappa shape index (κ1) is 12.0. The van der Waals surface area contributed by atoms with Gasteiger partial charge in [0.05, 0.1) is 10.6 Å². The molecule has 0 amide bonds. The topological polar surface area (TPSA) is 29.1 Å². The van der Waals surface area contributed by atoms with Crippen molar-refractivity contribution in [2.45, 2.75) is 6.42 Å². The summed E-state index contributed by atoms with van der Waals surface area (Å²) in [6.07, 6.45) is 0.377. The molecule has 1 aromatic rings. The van der Waals surface area contributed by atoms with Crippen molar-refractivity contribution in [1.29, 1.82) is 0 Å². The van der Waals surface area contributed by atoms with Crippen LogP contribution in [0.15, 0.2) is 16.6 Å². The summed E-state index contributed by atoms with van der Waals surface area (Å²) >= 11 is 8.84. The molecule has 86 valence electrons. The zero-order valence-electron chi connectivity index (χ0n) is 8.40. The van der Waals surface area contributed by atoms with Gasteiger partial charge in [-0.05, 0) is 47.1 Å². The molecule has 5 heteroatoms. The second-order valence-electron chi connectivity index (χ2n) is 3.87. The van der Waals surface area contributed by atoms with Crippen LogP contribution in [-0.4, -0.2) is 18.9 Å². The maximum absolute atomic E-state index is 13.7. The second-order valence-corrected chi connectivity index (χ2v) is 5.11. The summed E-state index contributed by atoms with van der Waals surface area (Å²) in [6, 6.07) is 3.07. The van der Waals surface area contributed by atoms with Crippen LogP contribution in [0.25, 0.3) is 0 Å². The van der Waals surface area contributed by atoms with Gasteiger partial charge in [0.1, 0.15) is 0 Å². The van der Waals surface area contributed by atoms with E-state index in [1.165, 1.54) is 6.07 Å². The fourth-order valence-corrected chi connectivity index (χ4v) is 2.08. The van der Waals surface area contributed by atoms with Crippen molar-refractivity contribution in [3.63, 3.8) is 0 Å². The minimum absolute atomic E-state index is 0.0300. The molecule has 1 aliphatic rings. The van der Waals surface area contributed by atoms with Crippen LogP contribution in [0.3, 0.4) is 0 Å². The summed E-state index contributed by atoms with van der Waals surface area (Å²) < 4.78 is 14.2. The van der Waals surface area contributed by atoms with Crippen molar-refractivity contribution in [2.75, 3.05) is 13.1 Å². The number of carbonyl (C=O) groups is 1. The van der Waals surface area contributed by atoms with Crippen LogP contribution in [0.5, 0.6) is 0 Å². The van der Waals surface area contributed by atoms with E-state index in [1.807, 2.05) is 0 Å². The molecule has 2 nitrogen and oxygen atoms in total. The first-order valence-corrected chi connectivity index (χ1v) is 6.14. The lowest BCUT2D eigenvalue weighted by Crippen LogP contribution is -2.43.